The third-order valence-corrected chi connectivity index (χ3v) is 3.22. The van der Waals surface area contributed by atoms with Crippen molar-refractivity contribution >= 4 is 17.7 Å². The maximum atomic E-state index is 11.8. The lowest BCUT2D eigenvalue weighted by Gasteiger charge is -2.10. The number of benzene rings is 2. The van der Waals surface area contributed by atoms with Crippen molar-refractivity contribution in [2.45, 2.75) is 6.92 Å². The maximum Gasteiger partial charge on any atom is 0.337 e. The van der Waals surface area contributed by atoms with Crippen molar-refractivity contribution in [1.29, 1.82) is 0 Å². The van der Waals surface area contributed by atoms with Gasteiger partial charge in [0.15, 0.2) is 0 Å². The Labute approximate surface area is 140 Å². The molecule has 0 saturated heterocycles. The molecule has 2 aromatic carbocycles. The minimum Gasteiger partial charge on any atom is -0.492 e. The summed E-state index contributed by atoms with van der Waals surface area (Å²) < 4.78 is 10.2. The molecule has 2 aromatic rings. The van der Waals surface area contributed by atoms with Gasteiger partial charge in [-0.05, 0) is 37.3 Å². The highest BCUT2D eigenvalue weighted by atomic mass is 16.5. The predicted molar refractivity (Wildman–Crippen MR) is 91.5 cm³/mol. The molecule has 0 aromatic heterocycles. The number of aryl methyl sites for hydroxylation is 1. The van der Waals surface area contributed by atoms with Crippen LogP contribution >= 0.6 is 0 Å². The topological polar surface area (TPSA) is 76.7 Å². The molecule has 0 aliphatic carbocycles. The fraction of sp³-hybridized carbons (Fsp3) is 0.222. The van der Waals surface area contributed by atoms with Crippen molar-refractivity contribution in [2.75, 3.05) is 25.6 Å². The number of anilines is 1. The number of urea groups is 1. The first-order valence-corrected chi connectivity index (χ1v) is 7.51. The van der Waals surface area contributed by atoms with Crippen LogP contribution in [0.3, 0.4) is 0 Å². The fourth-order valence-corrected chi connectivity index (χ4v) is 1.99. The molecule has 0 fully saturated rings. The summed E-state index contributed by atoms with van der Waals surface area (Å²) >= 11 is 0. The molecule has 0 bridgehead atoms. The Morgan fingerprint density at radius 1 is 1.08 bits per heavy atom. The average molecular weight is 328 g/mol. The standard InChI is InChI=1S/C18H20N2O4/c1-13-6-8-16(9-7-13)24-11-10-19-18(22)20-15-5-3-4-14(12-15)17(21)23-2/h3-9,12H,10-11H2,1-2H3,(H2,19,20,22). The van der Waals surface area contributed by atoms with Gasteiger partial charge >= 0.3 is 12.0 Å². The van der Waals surface area contributed by atoms with Gasteiger partial charge in [0.25, 0.3) is 0 Å². The zero-order chi connectivity index (χ0) is 17.4. The number of methoxy groups -OCH3 is 1. The summed E-state index contributed by atoms with van der Waals surface area (Å²) in [4.78, 5) is 23.3. The molecular weight excluding hydrogens is 308 g/mol. The van der Waals surface area contributed by atoms with Gasteiger partial charge in [-0.15, -0.1) is 0 Å². The van der Waals surface area contributed by atoms with Crippen molar-refractivity contribution in [3.05, 3.63) is 59.7 Å². The second-order valence-corrected chi connectivity index (χ2v) is 5.11. The molecule has 126 valence electrons. The number of carbonyl (C=O) groups excluding carboxylic acids is 2. The van der Waals surface area contributed by atoms with Gasteiger partial charge in [0, 0.05) is 5.69 Å². The molecule has 0 radical (unpaired) electrons. The Hall–Kier alpha value is -3.02. The molecule has 0 atom stereocenters. The van der Waals surface area contributed by atoms with Crippen LogP contribution in [-0.2, 0) is 4.74 Å². The van der Waals surface area contributed by atoms with E-state index < -0.39 is 5.97 Å². The minimum absolute atomic E-state index is 0.358. The van der Waals surface area contributed by atoms with E-state index in [9.17, 15) is 9.59 Å². The Kier molecular flexibility index (Phi) is 6.19. The molecule has 2 amide bonds. The Morgan fingerprint density at radius 3 is 2.54 bits per heavy atom. The highest BCUT2D eigenvalue weighted by Crippen LogP contribution is 2.12. The van der Waals surface area contributed by atoms with Gasteiger partial charge in [0.2, 0.25) is 0 Å². The summed E-state index contributed by atoms with van der Waals surface area (Å²) in [5.41, 5.74) is 2.04. The molecule has 0 unspecified atom stereocenters. The highest BCUT2D eigenvalue weighted by molar-refractivity contribution is 5.93. The SMILES string of the molecule is COC(=O)c1cccc(NC(=O)NCCOc2ccc(C)cc2)c1. The molecular formula is C18H20N2O4. The number of ether oxygens (including phenoxy) is 2. The Balaban J connectivity index is 1.75. The molecule has 0 saturated carbocycles. The Morgan fingerprint density at radius 2 is 1.83 bits per heavy atom. The van der Waals surface area contributed by atoms with Crippen LogP contribution in [0.1, 0.15) is 15.9 Å². The monoisotopic (exact) mass is 328 g/mol. The number of hydrogen-bond acceptors (Lipinski definition) is 4. The molecule has 24 heavy (non-hydrogen) atoms. The molecule has 6 nitrogen and oxygen atoms in total. The van der Waals surface area contributed by atoms with Gasteiger partial charge in [-0.1, -0.05) is 23.8 Å². The first kappa shape index (κ1) is 17.3. The fourth-order valence-electron chi connectivity index (χ4n) is 1.99. The van der Waals surface area contributed by atoms with Crippen LogP contribution < -0.4 is 15.4 Å². The number of carbonyl (C=O) groups is 2. The van der Waals surface area contributed by atoms with Crippen LogP contribution in [0.25, 0.3) is 0 Å². The quantitative estimate of drug-likeness (QED) is 0.631. The summed E-state index contributed by atoms with van der Waals surface area (Å²) in [6.45, 7) is 2.72. The average Bonchev–Trinajstić information content (AvgIpc) is 2.60. The van der Waals surface area contributed by atoms with E-state index in [2.05, 4.69) is 15.4 Å². The van der Waals surface area contributed by atoms with E-state index in [1.54, 1.807) is 24.3 Å². The van der Waals surface area contributed by atoms with E-state index in [4.69, 9.17) is 4.74 Å². The number of hydrogen-bond donors (Lipinski definition) is 2. The molecule has 6 heteroatoms. The number of nitrogens with one attached hydrogen (secondary N) is 2. The molecule has 0 heterocycles. The van der Waals surface area contributed by atoms with Crippen molar-refractivity contribution < 1.29 is 19.1 Å². The van der Waals surface area contributed by atoms with Crippen LogP contribution in [0.2, 0.25) is 0 Å². The summed E-state index contributed by atoms with van der Waals surface area (Å²) in [7, 11) is 1.31. The predicted octanol–water partition coefficient (Wildman–Crippen LogP) is 2.98. The van der Waals surface area contributed by atoms with Crippen molar-refractivity contribution in [3.8, 4) is 5.75 Å². The van der Waals surface area contributed by atoms with Gasteiger partial charge in [-0.25, -0.2) is 9.59 Å². The second kappa shape index (κ2) is 8.57. The van der Waals surface area contributed by atoms with Crippen molar-refractivity contribution in [1.82, 2.24) is 5.32 Å². The lowest BCUT2D eigenvalue weighted by Crippen LogP contribution is -2.32. The number of rotatable bonds is 6. The van der Waals surface area contributed by atoms with E-state index in [0.717, 1.165) is 11.3 Å². The van der Waals surface area contributed by atoms with Crippen molar-refractivity contribution in [2.24, 2.45) is 0 Å². The third kappa shape index (κ3) is 5.31. The number of amides is 2. The zero-order valence-electron chi connectivity index (χ0n) is 13.7. The molecule has 2 N–H and O–H groups in total. The largest absolute Gasteiger partial charge is 0.492 e. The third-order valence-electron chi connectivity index (χ3n) is 3.22. The van der Waals surface area contributed by atoms with Crippen LogP contribution in [0.5, 0.6) is 5.75 Å². The molecule has 0 aliphatic heterocycles. The maximum absolute atomic E-state index is 11.8. The molecule has 0 spiro atoms. The van der Waals surface area contributed by atoms with Crippen LogP contribution in [0.4, 0.5) is 10.5 Å². The van der Waals surface area contributed by atoms with Crippen LogP contribution in [0, 0.1) is 6.92 Å². The number of esters is 1. The van der Waals surface area contributed by atoms with Crippen molar-refractivity contribution in [3.63, 3.8) is 0 Å². The summed E-state index contributed by atoms with van der Waals surface area (Å²) in [5, 5.41) is 5.34. The minimum atomic E-state index is -0.453. The second-order valence-electron chi connectivity index (χ2n) is 5.11. The van der Waals surface area contributed by atoms with E-state index in [1.165, 1.54) is 7.11 Å². The first-order valence-electron chi connectivity index (χ1n) is 7.51. The van der Waals surface area contributed by atoms with Gasteiger partial charge in [-0.2, -0.15) is 0 Å². The van der Waals surface area contributed by atoms with E-state index in [1.807, 2.05) is 31.2 Å². The summed E-state index contributed by atoms with van der Waals surface area (Å²) in [6, 6.07) is 13.8. The normalized spacial score (nSPS) is 9.92. The van der Waals surface area contributed by atoms with Crippen LogP contribution in [-0.4, -0.2) is 32.3 Å². The molecule has 2 rings (SSSR count). The van der Waals surface area contributed by atoms with E-state index >= 15 is 0 Å². The van der Waals surface area contributed by atoms with Gasteiger partial charge in [-0.3, -0.25) is 0 Å². The lowest BCUT2D eigenvalue weighted by atomic mass is 10.2. The zero-order valence-corrected chi connectivity index (χ0v) is 13.7. The van der Waals surface area contributed by atoms with E-state index in [-0.39, 0.29) is 6.03 Å². The summed E-state index contributed by atoms with van der Waals surface area (Å²) in [6.07, 6.45) is 0. The van der Waals surface area contributed by atoms with Gasteiger partial charge in [0.1, 0.15) is 12.4 Å². The highest BCUT2D eigenvalue weighted by Gasteiger charge is 2.07. The first-order chi connectivity index (χ1) is 11.6. The van der Waals surface area contributed by atoms with Gasteiger partial charge < -0.3 is 20.1 Å². The van der Waals surface area contributed by atoms with Crippen LogP contribution in [0.15, 0.2) is 48.5 Å². The Bertz CT molecular complexity index is 698. The lowest BCUT2D eigenvalue weighted by molar-refractivity contribution is 0.0600. The van der Waals surface area contributed by atoms with E-state index in [0.29, 0.717) is 24.4 Å². The van der Waals surface area contributed by atoms with Gasteiger partial charge in [0.05, 0.1) is 19.2 Å². The molecule has 0 aliphatic rings. The smallest absolute Gasteiger partial charge is 0.337 e. The summed E-state index contributed by atoms with van der Waals surface area (Å²) in [5.74, 6) is 0.305.